The van der Waals surface area contributed by atoms with Crippen LogP contribution in [0, 0.1) is 0 Å². The molecular weight excluding hydrogens is 138 g/mol. The lowest BCUT2D eigenvalue weighted by Gasteiger charge is -2.09. The predicted molar refractivity (Wildman–Crippen MR) is 35.3 cm³/mol. The van der Waals surface area contributed by atoms with Crippen LogP contribution in [0.1, 0.15) is 6.42 Å². The van der Waals surface area contributed by atoms with Gasteiger partial charge in [-0.2, -0.15) is 0 Å². The molecule has 0 aromatic rings. The van der Waals surface area contributed by atoms with Crippen molar-refractivity contribution in [3.8, 4) is 0 Å². The SMILES string of the molecule is FC(F)CN[C@H]1CCNC1. The maximum Gasteiger partial charge on any atom is 0.250 e. The Morgan fingerprint density at radius 3 is 2.90 bits per heavy atom. The summed E-state index contributed by atoms with van der Waals surface area (Å²) in [6.45, 7) is 1.60. The molecule has 2 N–H and O–H groups in total. The quantitative estimate of drug-likeness (QED) is 0.600. The molecule has 0 aromatic carbocycles. The van der Waals surface area contributed by atoms with Crippen molar-refractivity contribution in [3.05, 3.63) is 0 Å². The molecule has 4 heteroatoms. The summed E-state index contributed by atoms with van der Waals surface area (Å²) in [5.41, 5.74) is 0. The second-order valence-electron chi connectivity index (χ2n) is 2.49. The summed E-state index contributed by atoms with van der Waals surface area (Å²) in [4.78, 5) is 0. The highest BCUT2D eigenvalue weighted by Gasteiger charge is 2.14. The first kappa shape index (κ1) is 7.88. The van der Waals surface area contributed by atoms with Gasteiger partial charge in [0.15, 0.2) is 0 Å². The molecule has 0 spiro atoms. The summed E-state index contributed by atoms with van der Waals surface area (Å²) in [6, 6.07) is 0.258. The van der Waals surface area contributed by atoms with E-state index in [0.29, 0.717) is 0 Å². The van der Waals surface area contributed by atoms with Gasteiger partial charge in [0, 0.05) is 12.6 Å². The van der Waals surface area contributed by atoms with Crippen LogP contribution in [-0.4, -0.2) is 32.1 Å². The average molecular weight is 150 g/mol. The fourth-order valence-electron chi connectivity index (χ4n) is 1.08. The first-order valence-electron chi connectivity index (χ1n) is 3.51. The summed E-state index contributed by atoms with van der Waals surface area (Å²) in [5.74, 6) is 0. The maximum atomic E-state index is 11.6. The van der Waals surface area contributed by atoms with Crippen molar-refractivity contribution in [2.24, 2.45) is 0 Å². The van der Waals surface area contributed by atoms with Crippen molar-refractivity contribution >= 4 is 0 Å². The zero-order valence-electron chi connectivity index (χ0n) is 5.74. The Labute approximate surface area is 59.0 Å². The number of hydrogen-bond donors (Lipinski definition) is 2. The lowest BCUT2D eigenvalue weighted by molar-refractivity contribution is 0.142. The van der Waals surface area contributed by atoms with Crippen LogP contribution in [0.3, 0.4) is 0 Å². The molecule has 0 amide bonds. The fraction of sp³-hybridized carbons (Fsp3) is 1.00. The summed E-state index contributed by atoms with van der Waals surface area (Å²) < 4.78 is 23.2. The molecule has 1 saturated heterocycles. The normalized spacial score (nSPS) is 26.1. The summed E-state index contributed by atoms with van der Waals surface area (Å²) in [6.07, 6.45) is -1.26. The molecule has 0 aromatic heterocycles. The third-order valence-electron chi connectivity index (χ3n) is 1.62. The Kier molecular flexibility index (Phi) is 3.02. The van der Waals surface area contributed by atoms with E-state index in [-0.39, 0.29) is 12.6 Å². The van der Waals surface area contributed by atoms with Gasteiger partial charge in [0.05, 0.1) is 6.54 Å². The van der Waals surface area contributed by atoms with Crippen LogP contribution in [0.4, 0.5) is 8.78 Å². The van der Waals surface area contributed by atoms with Gasteiger partial charge in [-0.1, -0.05) is 0 Å². The molecule has 0 unspecified atom stereocenters. The van der Waals surface area contributed by atoms with Gasteiger partial charge in [-0.25, -0.2) is 8.78 Å². The number of hydrogen-bond acceptors (Lipinski definition) is 2. The van der Waals surface area contributed by atoms with E-state index in [9.17, 15) is 8.78 Å². The third kappa shape index (κ3) is 2.58. The van der Waals surface area contributed by atoms with Crippen molar-refractivity contribution in [3.63, 3.8) is 0 Å². The Morgan fingerprint density at radius 1 is 1.60 bits per heavy atom. The third-order valence-corrected chi connectivity index (χ3v) is 1.62. The number of alkyl halides is 2. The van der Waals surface area contributed by atoms with E-state index in [1.54, 1.807) is 0 Å². The van der Waals surface area contributed by atoms with Crippen LogP contribution in [-0.2, 0) is 0 Å². The molecular formula is C6H12F2N2. The molecule has 1 atom stereocenters. The molecule has 1 aliphatic rings. The molecule has 0 radical (unpaired) electrons. The van der Waals surface area contributed by atoms with E-state index in [1.807, 2.05) is 0 Å². The van der Waals surface area contributed by atoms with Crippen molar-refractivity contribution in [2.45, 2.75) is 18.9 Å². The van der Waals surface area contributed by atoms with Crippen LogP contribution < -0.4 is 10.6 Å². The second kappa shape index (κ2) is 3.83. The molecule has 0 aliphatic carbocycles. The van der Waals surface area contributed by atoms with Gasteiger partial charge in [0.2, 0.25) is 0 Å². The second-order valence-corrected chi connectivity index (χ2v) is 2.49. The fourth-order valence-corrected chi connectivity index (χ4v) is 1.08. The van der Waals surface area contributed by atoms with Gasteiger partial charge in [-0.05, 0) is 13.0 Å². The van der Waals surface area contributed by atoms with Gasteiger partial charge >= 0.3 is 0 Å². The van der Waals surface area contributed by atoms with Crippen molar-refractivity contribution < 1.29 is 8.78 Å². The average Bonchev–Trinajstić information content (AvgIpc) is 2.34. The van der Waals surface area contributed by atoms with Crippen LogP contribution >= 0.6 is 0 Å². The summed E-state index contributed by atoms with van der Waals surface area (Å²) in [5, 5.41) is 5.86. The minimum atomic E-state index is -2.22. The van der Waals surface area contributed by atoms with Gasteiger partial charge in [0.1, 0.15) is 0 Å². The van der Waals surface area contributed by atoms with Crippen molar-refractivity contribution in [1.82, 2.24) is 10.6 Å². The first-order valence-corrected chi connectivity index (χ1v) is 3.51. The van der Waals surface area contributed by atoms with E-state index >= 15 is 0 Å². The van der Waals surface area contributed by atoms with E-state index in [1.165, 1.54) is 0 Å². The highest BCUT2D eigenvalue weighted by molar-refractivity contribution is 4.77. The van der Waals surface area contributed by atoms with E-state index in [4.69, 9.17) is 0 Å². The Bertz CT molecular complexity index is 91.7. The zero-order valence-corrected chi connectivity index (χ0v) is 5.74. The molecule has 1 fully saturated rings. The lowest BCUT2D eigenvalue weighted by Crippen LogP contribution is -2.34. The van der Waals surface area contributed by atoms with Crippen LogP contribution in [0.5, 0.6) is 0 Å². The summed E-state index contributed by atoms with van der Waals surface area (Å²) >= 11 is 0. The molecule has 2 nitrogen and oxygen atoms in total. The molecule has 60 valence electrons. The van der Waals surface area contributed by atoms with Crippen LogP contribution in [0.25, 0.3) is 0 Å². The van der Waals surface area contributed by atoms with Gasteiger partial charge in [-0.3, -0.25) is 0 Å². The first-order chi connectivity index (χ1) is 4.79. The molecule has 1 aliphatic heterocycles. The van der Waals surface area contributed by atoms with Gasteiger partial charge in [-0.15, -0.1) is 0 Å². The smallest absolute Gasteiger partial charge is 0.250 e. The van der Waals surface area contributed by atoms with Crippen molar-refractivity contribution in [1.29, 1.82) is 0 Å². The number of nitrogens with one attached hydrogen (secondary N) is 2. The highest BCUT2D eigenvalue weighted by Crippen LogP contribution is 1.97. The maximum absolute atomic E-state index is 11.6. The van der Waals surface area contributed by atoms with E-state index in [2.05, 4.69) is 10.6 Å². The van der Waals surface area contributed by atoms with Crippen molar-refractivity contribution in [2.75, 3.05) is 19.6 Å². The molecule has 0 bridgehead atoms. The number of halogens is 2. The minimum absolute atomic E-state index is 0.174. The Balaban J connectivity index is 2.01. The Hall–Kier alpha value is -0.220. The monoisotopic (exact) mass is 150 g/mol. The zero-order chi connectivity index (χ0) is 7.40. The molecule has 1 rings (SSSR count). The standard InChI is InChI=1S/C6H12F2N2/c7-6(8)4-10-5-1-2-9-3-5/h5-6,9-10H,1-4H2/t5-/m0/s1. The van der Waals surface area contributed by atoms with Crippen LogP contribution in [0.15, 0.2) is 0 Å². The van der Waals surface area contributed by atoms with Gasteiger partial charge in [0.25, 0.3) is 6.43 Å². The topological polar surface area (TPSA) is 24.1 Å². The van der Waals surface area contributed by atoms with E-state index < -0.39 is 6.43 Å². The minimum Gasteiger partial charge on any atom is -0.315 e. The highest BCUT2D eigenvalue weighted by atomic mass is 19.3. The predicted octanol–water partition coefficient (Wildman–Crippen LogP) is 0.203. The van der Waals surface area contributed by atoms with Gasteiger partial charge < -0.3 is 10.6 Å². The largest absolute Gasteiger partial charge is 0.315 e. The molecule has 1 heterocycles. The molecule has 0 saturated carbocycles. The Morgan fingerprint density at radius 2 is 2.40 bits per heavy atom. The lowest BCUT2D eigenvalue weighted by atomic mass is 10.3. The summed E-state index contributed by atoms with van der Waals surface area (Å²) in [7, 11) is 0. The number of rotatable bonds is 3. The van der Waals surface area contributed by atoms with Crippen LogP contribution in [0.2, 0.25) is 0 Å². The molecule has 10 heavy (non-hydrogen) atoms. The van der Waals surface area contributed by atoms with E-state index in [0.717, 1.165) is 19.5 Å².